The van der Waals surface area contributed by atoms with Crippen molar-refractivity contribution in [2.75, 3.05) is 0 Å². The predicted octanol–water partition coefficient (Wildman–Crippen LogP) is 3.77. The molecule has 0 aliphatic heterocycles. The third-order valence-electron chi connectivity index (χ3n) is 5.40. The van der Waals surface area contributed by atoms with Crippen molar-refractivity contribution in [3.05, 3.63) is 94.8 Å². The van der Waals surface area contributed by atoms with E-state index in [1.54, 1.807) is 6.08 Å². The number of allylic oxidation sites excluding steroid dienone is 1. The molecule has 170 valence electrons. The normalized spacial score (nSPS) is 13.2. The lowest BCUT2D eigenvalue weighted by atomic mass is 10.0. The number of nitrogens with one attached hydrogen (secondary N) is 1. The van der Waals surface area contributed by atoms with Crippen LogP contribution >= 0.6 is 0 Å². The number of rotatable bonds is 8. The summed E-state index contributed by atoms with van der Waals surface area (Å²) in [6.07, 6.45) is 3.59. The first-order valence-corrected chi connectivity index (χ1v) is 10.7. The average Bonchev–Trinajstić information content (AvgIpc) is 2.86. The number of pyridine rings is 1. The fourth-order valence-corrected chi connectivity index (χ4v) is 3.60. The first kappa shape index (κ1) is 22.3. The second-order valence-corrected chi connectivity index (χ2v) is 7.62. The Labute approximate surface area is 191 Å². The molecule has 0 atom stereocenters. The Hall–Kier alpha value is -3.91. The van der Waals surface area contributed by atoms with Gasteiger partial charge in [0, 0.05) is 6.42 Å². The van der Waals surface area contributed by atoms with E-state index in [-0.39, 0.29) is 12.4 Å². The molecular weight excluding hydrogens is 421 g/mol. The van der Waals surface area contributed by atoms with Crippen LogP contribution in [0.25, 0.3) is 5.83 Å². The maximum atomic E-state index is 14.0. The van der Waals surface area contributed by atoms with E-state index in [0.29, 0.717) is 48.2 Å². The first-order valence-electron chi connectivity index (χ1n) is 10.7. The second kappa shape index (κ2) is 10.6. The zero-order valence-corrected chi connectivity index (χ0v) is 18.1. The molecule has 0 spiro atoms. The van der Waals surface area contributed by atoms with Gasteiger partial charge in [-0.3, -0.25) is 0 Å². The molecule has 2 aromatic carbocycles. The largest absolute Gasteiger partial charge is 0.489 e. The maximum absolute atomic E-state index is 14.0. The number of nitrogens with two attached hydrogens (primary N) is 2. The lowest BCUT2D eigenvalue weighted by Crippen LogP contribution is -2.33. The fourth-order valence-electron chi connectivity index (χ4n) is 3.60. The average molecular weight is 448 g/mol. The summed E-state index contributed by atoms with van der Waals surface area (Å²) in [5.41, 5.74) is 6.57. The van der Waals surface area contributed by atoms with Gasteiger partial charge in [0.05, 0.1) is 5.69 Å². The monoisotopic (exact) mass is 447 g/mol. The van der Waals surface area contributed by atoms with Gasteiger partial charge >= 0.3 is 0 Å². The summed E-state index contributed by atoms with van der Waals surface area (Å²) in [6, 6.07) is 19.0. The number of benzene rings is 2. The van der Waals surface area contributed by atoms with E-state index >= 15 is 0 Å². The standard InChI is InChI=1S/C25H26FN5O2/c26-23-7-3-6-17-8-9-20(29-25(17)23)16-33-22-12-10-21(11-13-22)32-15-19-5-2-1-4-18(19)14-24(30-27)31-28/h1-2,4-5,7-13H,3,6,14-16,27-28H2,(H,30,31). The number of hydrazone groups is 1. The van der Waals surface area contributed by atoms with E-state index < -0.39 is 0 Å². The van der Waals surface area contributed by atoms with Crippen molar-refractivity contribution in [1.82, 2.24) is 10.4 Å². The number of hydrogen-bond donors (Lipinski definition) is 3. The Balaban J connectivity index is 1.34. The highest BCUT2D eigenvalue weighted by molar-refractivity contribution is 5.83. The summed E-state index contributed by atoms with van der Waals surface area (Å²) in [4.78, 5) is 4.41. The molecule has 1 aliphatic carbocycles. The molecule has 1 heterocycles. The van der Waals surface area contributed by atoms with Crippen LogP contribution in [0, 0.1) is 0 Å². The van der Waals surface area contributed by atoms with E-state index in [4.69, 9.17) is 21.2 Å². The molecule has 0 fully saturated rings. The SMILES string of the molecule is N/N=C(/Cc1ccccc1COc1ccc(OCc2ccc3c(n2)C(F)=CCC3)cc1)NN. The Bertz CT molecular complexity index is 1160. The summed E-state index contributed by atoms with van der Waals surface area (Å²) >= 11 is 0. The molecule has 0 saturated heterocycles. The van der Waals surface area contributed by atoms with Crippen LogP contribution in [0.3, 0.4) is 0 Å². The van der Waals surface area contributed by atoms with Crippen LogP contribution in [0.2, 0.25) is 0 Å². The molecule has 7 nitrogen and oxygen atoms in total. The highest BCUT2D eigenvalue weighted by Crippen LogP contribution is 2.26. The molecule has 33 heavy (non-hydrogen) atoms. The highest BCUT2D eigenvalue weighted by atomic mass is 19.1. The van der Waals surface area contributed by atoms with Crippen LogP contribution in [0.1, 0.15) is 34.5 Å². The number of fused-ring (bicyclic) bond motifs is 1. The zero-order valence-electron chi connectivity index (χ0n) is 18.1. The predicted molar refractivity (Wildman–Crippen MR) is 126 cm³/mol. The van der Waals surface area contributed by atoms with Crippen LogP contribution in [-0.2, 0) is 26.1 Å². The molecule has 1 aliphatic rings. The lowest BCUT2D eigenvalue weighted by molar-refractivity contribution is 0.294. The van der Waals surface area contributed by atoms with Crippen LogP contribution in [0.15, 0.2) is 71.8 Å². The number of aryl methyl sites for hydroxylation is 1. The molecule has 3 aromatic rings. The lowest BCUT2D eigenvalue weighted by Gasteiger charge is -2.14. The minimum absolute atomic E-state index is 0.257. The van der Waals surface area contributed by atoms with Gasteiger partial charge in [0.1, 0.15) is 42.1 Å². The Morgan fingerprint density at radius 3 is 2.36 bits per heavy atom. The molecule has 0 saturated carbocycles. The molecule has 4 rings (SSSR count). The van der Waals surface area contributed by atoms with Crippen LogP contribution in [0.4, 0.5) is 4.39 Å². The quantitative estimate of drug-likeness (QED) is 0.210. The molecule has 5 N–H and O–H groups in total. The number of aromatic nitrogens is 1. The molecule has 0 unspecified atom stereocenters. The summed E-state index contributed by atoms with van der Waals surface area (Å²) in [7, 11) is 0. The van der Waals surface area contributed by atoms with E-state index in [0.717, 1.165) is 23.1 Å². The van der Waals surface area contributed by atoms with Crippen molar-refractivity contribution < 1.29 is 13.9 Å². The number of nitrogens with zero attached hydrogens (tertiary/aromatic N) is 2. The summed E-state index contributed by atoms with van der Waals surface area (Å²) < 4.78 is 25.8. The fraction of sp³-hybridized carbons (Fsp3) is 0.200. The zero-order chi connectivity index (χ0) is 23.0. The van der Waals surface area contributed by atoms with Gasteiger partial charge < -0.3 is 20.7 Å². The number of halogens is 1. The van der Waals surface area contributed by atoms with E-state index in [1.807, 2.05) is 60.7 Å². The number of amidine groups is 1. The van der Waals surface area contributed by atoms with Crippen molar-refractivity contribution in [2.24, 2.45) is 16.8 Å². The minimum atomic E-state index is -0.257. The van der Waals surface area contributed by atoms with Crippen LogP contribution in [0.5, 0.6) is 11.5 Å². The van der Waals surface area contributed by atoms with Gasteiger partial charge in [-0.2, -0.15) is 5.10 Å². The molecule has 0 amide bonds. The minimum Gasteiger partial charge on any atom is -0.489 e. The van der Waals surface area contributed by atoms with Gasteiger partial charge in [-0.25, -0.2) is 15.2 Å². The number of hydrazine groups is 1. The maximum Gasteiger partial charge on any atom is 0.145 e. The molecule has 0 radical (unpaired) electrons. The van der Waals surface area contributed by atoms with Crippen molar-refractivity contribution >= 4 is 11.7 Å². The van der Waals surface area contributed by atoms with Gasteiger partial charge in [0.2, 0.25) is 0 Å². The number of ether oxygens (including phenoxy) is 2. The molecular formula is C25H26FN5O2. The van der Waals surface area contributed by atoms with Gasteiger partial charge in [0.25, 0.3) is 0 Å². The smallest absolute Gasteiger partial charge is 0.145 e. The second-order valence-electron chi connectivity index (χ2n) is 7.62. The summed E-state index contributed by atoms with van der Waals surface area (Å²) in [5.74, 6) is 12.4. The van der Waals surface area contributed by atoms with Gasteiger partial charge in [-0.1, -0.05) is 30.3 Å². The number of hydrogen-bond acceptors (Lipinski definition) is 6. The van der Waals surface area contributed by atoms with Crippen LogP contribution in [-0.4, -0.2) is 10.8 Å². The van der Waals surface area contributed by atoms with Gasteiger partial charge in [0.15, 0.2) is 0 Å². The van der Waals surface area contributed by atoms with E-state index in [1.165, 1.54) is 0 Å². The Morgan fingerprint density at radius 1 is 0.970 bits per heavy atom. The Morgan fingerprint density at radius 2 is 1.67 bits per heavy atom. The van der Waals surface area contributed by atoms with Crippen molar-refractivity contribution in [1.29, 1.82) is 0 Å². The summed E-state index contributed by atoms with van der Waals surface area (Å²) in [5, 5.41) is 3.64. The third kappa shape index (κ3) is 5.67. The molecule has 1 aromatic heterocycles. The third-order valence-corrected chi connectivity index (χ3v) is 5.40. The molecule has 0 bridgehead atoms. The van der Waals surface area contributed by atoms with Crippen molar-refractivity contribution in [3.8, 4) is 11.5 Å². The van der Waals surface area contributed by atoms with Gasteiger partial charge in [-0.05, 0) is 65.9 Å². The highest BCUT2D eigenvalue weighted by Gasteiger charge is 2.14. The summed E-state index contributed by atoms with van der Waals surface area (Å²) in [6.45, 7) is 0.644. The van der Waals surface area contributed by atoms with E-state index in [9.17, 15) is 4.39 Å². The van der Waals surface area contributed by atoms with Crippen molar-refractivity contribution in [2.45, 2.75) is 32.5 Å². The van der Waals surface area contributed by atoms with Crippen molar-refractivity contribution in [3.63, 3.8) is 0 Å². The topological polar surface area (TPSA) is 108 Å². The Kier molecular flexibility index (Phi) is 7.16. The van der Waals surface area contributed by atoms with E-state index in [2.05, 4.69) is 15.5 Å². The van der Waals surface area contributed by atoms with Gasteiger partial charge in [-0.15, -0.1) is 0 Å². The molecule has 8 heteroatoms. The van der Waals surface area contributed by atoms with Crippen LogP contribution < -0.4 is 26.6 Å². The first-order chi connectivity index (χ1) is 16.2.